The van der Waals surface area contributed by atoms with Crippen molar-refractivity contribution in [2.45, 2.75) is 39.8 Å². The number of fused-ring (bicyclic) bond motifs is 1. The SMILES string of the molecule is Cc1cc(-c2cnc(N)c(Oc3cnn(C(C)C)c3)n2)cc2c1CCN(C)C2. The molecule has 0 aliphatic carbocycles. The molecule has 0 fully saturated rings. The zero-order valence-electron chi connectivity index (χ0n) is 16.8. The minimum absolute atomic E-state index is 0.253. The molecule has 7 heteroatoms. The molecule has 0 saturated carbocycles. The van der Waals surface area contributed by atoms with Crippen LogP contribution in [0.4, 0.5) is 5.82 Å². The number of benzene rings is 1. The predicted octanol–water partition coefficient (Wildman–Crippen LogP) is 3.59. The summed E-state index contributed by atoms with van der Waals surface area (Å²) in [5.74, 6) is 1.15. The summed E-state index contributed by atoms with van der Waals surface area (Å²) in [5, 5.41) is 4.29. The van der Waals surface area contributed by atoms with E-state index in [2.05, 4.69) is 59.9 Å². The minimum Gasteiger partial charge on any atom is -0.433 e. The van der Waals surface area contributed by atoms with Gasteiger partial charge in [-0.25, -0.2) is 9.97 Å². The van der Waals surface area contributed by atoms with Gasteiger partial charge in [0, 0.05) is 24.7 Å². The van der Waals surface area contributed by atoms with Gasteiger partial charge >= 0.3 is 0 Å². The Balaban J connectivity index is 1.67. The Labute approximate surface area is 165 Å². The van der Waals surface area contributed by atoms with E-state index in [9.17, 15) is 0 Å². The molecule has 1 aromatic carbocycles. The normalized spacial score (nSPS) is 14.3. The van der Waals surface area contributed by atoms with Crippen LogP contribution in [-0.2, 0) is 13.0 Å². The second-order valence-corrected chi connectivity index (χ2v) is 7.72. The Morgan fingerprint density at radius 1 is 1.21 bits per heavy atom. The molecule has 0 radical (unpaired) electrons. The molecule has 2 N–H and O–H groups in total. The second-order valence-electron chi connectivity index (χ2n) is 7.72. The molecular weight excluding hydrogens is 352 g/mol. The summed E-state index contributed by atoms with van der Waals surface area (Å²) in [6.45, 7) is 8.32. The largest absolute Gasteiger partial charge is 0.433 e. The van der Waals surface area contributed by atoms with Crippen LogP contribution in [0, 0.1) is 6.92 Å². The number of nitrogens with zero attached hydrogens (tertiary/aromatic N) is 5. The summed E-state index contributed by atoms with van der Waals surface area (Å²) in [6.07, 6.45) is 6.27. The first kappa shape index (κ1) is 18.4. The third-order valence-corrected chi connectivity index (χ3v) is 5.13. The van der Waals surface area contributed by atoms with Crippen molar-refractivity contribution < 1.29 is 4.74 Å². The van der Waals surface area contributed by atoms with Crippen molar-refractivity contribution in [3.63, 3.8) is 0 Å². The van der Waals surface area contributed by atoms with Crippen LogP contribution < -0.4 is 10.5 Å². The Kier molecular flexibility index (Phi) is 4.77. The maximum atomic E-state index is 6.01. The summed E-state index contributed by atoms with van der Waals surface area (Å²) in [6, 6.07) is 4.63. The van der Waals surface area contributed by atoms with E-state index >= 15 is 0 Å². The Hall–Kier alpha value is -2.93. The highest BCUT2D eigenvalue weighted by molar-refractivity contribution is 5.64. The number of nitrogen functional groups attached to an aromatic ring is 1. The van der Waals surface area contributed by atoms with Gasteiger partial charge in [0.05, 0.1) is 24.3 Å². The quantitative estimate of drug-likeness (QED) is 0.747. The van der Waals surface area contributed by atoms with Gasteiger partial charge in [-0.2, -0.15) is 5.10 Å². The van der Waals surface area contributed by atoms with Crippen LogP contribution in [0.3, 0.4) is 0 Å². The van der Waals surface area contributed by atoms with Crippen LogP contribution >= 0.6 is 0 Å². The van der Waals surface area contributed by atoms with Gasteiger partial charge < -0.3 is 15.4 Å². The molecule has 1 aliphatic rings. The van der Waals surface area contributed by atoms with E-state index in [4.69, 9.17) is 10.5 Å². The molecule has 2 aromatic heterocycles. The first-order valence-corrected chi connectivity index (χ1v) is 9.56. The number of nitrogens with two attached hydrogens (primary N) is 1. The number of rotatable bonds is 4. The van der Waals surface area contributed by atoms with E-state index in [0.29, 0.717) is 11.6 Å². The molecule has 0 saturated heterocycles. The van der Waals surface area contributed by atoms with Crippen molar-refractivity contribution in [3.05, 3.63) is 47.4 Å². The highest BCUT2D eigenvalue weighted by atomic mass is 16.5. The van der Waals surface area contributed by atoms with Gasteiger partial charge in [-0.15, -0.1) is 0 Å². The highest BCUT2D eigenvalue weighted by Gasteiger charge is 2.18. The third kappa shape index (κ3) is 3.57. The molecule has 0 amide bonds. The smallest absolute Gasteiger partial charge is 0.263 e. The Morgan fingerprint density at radius 2 is 2.04 bits per heavy atom. The molecule has 0 spiro atoms. The van der Waals surface area contributed by atoms with E-state index in [1.54, 1.807) is 12.4 Å². The summed E-state index contributed by atoms with van der Waals surface area (Å²) >= 11 is 0. The predicted molar refractivity (Wildman–Crippen MR) is 109 cm³/mol. The van der Waals surface area contributed by atoms with E-state index in [0.717, 1.165) is 30.8 Å². The van der Waals surface area contributed by atoms with Crippen LogP contribution in [0.25, 0.3) is 11.3 Å². The first-order valence-electron chi connectivity index (χ1n) is 9.56. The Morgan fingerprint density at radius 3 is 2.79 bits per heavy atom. The summed E-state index contributed by atoms with van der Waals surface area (Å²) in [5.41, 5.74) is 11.9. The number of aromatic nitrogens is 4. The van der Waals surface area contributed by atoms with E-state index in [-0.39, 0.29) is 11.9 Å². The van der Waals surface area contributed by atoms with Crippen molar-refractivity contribution in [3.8, 4) is 22.9 Å². The number of hydrogen-bond donors (Lipinski definition) is 1. The Bertz CT molecular complexity index is 1010. The van der Waals surface area contributed by atoms with Gasteiger partial charge in [-0.05, 0) is 63.1 Å². The fourth-order valence-electron chi connectivity index (χ4n) is 3.57. The lowest BCUT2D eigenvalue weighted by Gasteiger charge is -2.27. The lowest BCUT2D eigenvalue weighted by atomic mass is 9.92. The number of ether oxygens (including phenoxy) is 1. The molecule has 3 heterocycles. The molecule has 4 rings (SSSR count). The van der Waals surface area contributed by atoms with Gasteiger partial charge in [0.1, 0.15) is 0 Å². The average molecular weight is 378 g/mol. The fourth-order valence-corrected chi connectivity index (χ4v) is 3.57. The number of anilines is 1. The van der Waals surface area contributed by atoms with Gasteiger partial charge in [-0.1, -0.05) is 0 Å². The van der Waals surface area contributed by atoms with Crippen molar-refractivity contribution in [2.24, 2.45) is 0 Å². The summed E-state index contributed by atoms with van der Waals surface area (Å²) in [4.78, 5) is 11.3. The maximum absolute atomic E-state index is 6.01. The highest BCUT2D eigenvalue weighted by Crippen LogP contribution is 2.31. The molecule has 0 atom stereocenters. The summed E-state index contributed by atoms with van der Waals surface area (Å²) in [7, 11) is 2.15. The molecule has 1 aliphatic heterocycles. The van der Waals surface area contributed by atoms with Crippen LogP contribution in [0.2, 0.25) is 0 Å². The molecule has 146 valence electrons. The number of likely N-dealkylation sites (N-methyl/N-ethyl adjacent to an activating group) is 1. The van der Waals surface area contributed by atoms with Crippen molar-refractivity contribution in [2.75, 3.05) is 19.3 Å². The zero-order valence-corrected chi connectivity index (χ0v) is 16.8. The van der Waals surface area contributed by atoms with Gasteiger partial charge in [0.2, 0.25) is 0 Å². The number of aryl methyl sites for hydroxylation is 1. The van der Waals surface area contributed by atoms with Gasteiger partial charge in [0.15, 0.2) is 11.6 Å². The van der Waals surface area contributed by atoms with Crippen LogP contribution in [0.15, 0.2) is 30.7 Å². The van der Waals surface area contributed by atoms with E-state index in [1.807, 2.05) is 10.9 Å². The monoisotopic (exact) mass is 378 g/mol. The van der Waals surface area contributed by atoms with Crippen LogP contribution in [0.5, 0.6) is 11.6 Å². The summed E-state index contributed by atoms with van der Waals surface area (Å²) < 4.78 is 7.70. The fraction of sp³-hybridized carbons (Fsp3) is 0.381. The van der Waals surface area contributed by atoms with Gasteiger partial charge in [-0.3, -0.25) is 4.68 Å². The average Bonchev–Trinajstić information content (AvgIpc) is 3.12. The second kappa shape index (κ2) is 7.24. The lowest BCUT2D eigenvalue weighted by molar-refractivity contribution is 0.312. The minimum atomic E-state index is 0.253. The van der Waals surface area contributed by atoms with Crippen molar-refractivity contribution in [1.82, 2.24) is 24.6 Å². The standard InChI is InChI=1S/C21H26N6O/c1-13(2)27-12-17(9-24-27)28-21-20(22)23-10-19(25-21)15-7-14(3)18-5-6-26(4)11-16(18)8-15/h7-10,12-13H,5-6,11H2,1-4H3,(H2,22,23). The van der Waals surface area contributed by atoms with Crippen LogP contribution in [0.1, 0.15) is 36.6 Å². The van der Waals surface area contributed by atoms with Crippen LogP contribution in [-0.4, -0.2) is 38.2 Å². The van der Waals surface area contributed by atoms with E-state index < -0.39 is 0 Å². The maximum Gasteiger partial charge on any atom is 0.263 e. The molecule has 7 nitrogen and oxygen atoms in total. The zero-order chi connectivity index (χ0) is 19.8. The third-order valence-electron chi connectivity index (χ3n) is 5.13. The molecule has 0 bridgehead atoms. The molecule has 28 heavy (non-hydrogen) atoms. The van der Waals surface area contributed by atoms with Crippen molar-refractivity contribution >= 4 is 5.82 Å². The number of hydrogen-bond acceptors (Lipinski definition) is 6. The topological polar surface area (TPSA) is 82.1 Å². The molecular formula is C21H26N6O. The van der Waals surface area contributed by atoms with Gasteiger partial charge in [0.25, 0.3) is 5.88 Å². The van der Waals surface area contributed by atoms with Crippen molar-refractivity contribution in [1.29, 1.82) is 0 Å². The van der Waals surface area contributed by atoms with E-state index in [1.165, 1.54) is 16.7 Å². The first-order chi connectivity index (χ1) is 13.4. The molecule has 3 aromatic rings. The molecule has 0 unspecified atom stereocenters. The lowest BCUT2D eigenvalue weighted by Crippen LogP contribution is -2.27.